The summed E-state index contributed by atoms with van der Waals surface area (Å²) in [4.78, 5) is 25.5. The topological polar surface area (TPSA) is 92.5 Å². The summed E-state index contributed by atoms with van der Waals surface area (Å²) < 4.78 is 11.4. The number of carbonyl (C=O) groups excluding carboxylic acids is 2. The van der Waals surface area contributed by atoms with Crippen LogP contribution in [-0.4, -0.2) is 45.1 Å². The van der Waals surface area contributed by atoms with Crippen molar-refractivity contribution >= 4 is 22.7 Å². The Kier molecular flexibility index (Phi) is 4.15. The van der Waals surface area contributed by atoms with Gasteiger partial charge in [0.15, 0.2) is 0 Å². The average Bonchev–Trinajstić information content (AvgIpc) is 2.91. The van der Waals surface area contributed by atoms with Gasteiger partial charge < -0.3 is 16.0 Å². The van der Waals surface area contributed by atoms with Crippen molar-refractivity contribution in [1.29, 1.82) is 0 Å². The molecule has 3 N–H and O–H groups in total. The molecule has 0 aliphatic carbocycles. The minimum atomic E-state index is -0.804. The molecule has 0 radical (unpaired) electrons. The van der Waals surface area contributed by atoms with Crippen LogP contribution in [0.3, 0.4) is 0 Å². The molecule has 2 heterocycles. The summed E-state index contributed by atoms with van der Waals surface area (Å²) in [6.45, 7) is 1.02. The number of nitrogens with two attached hydrogens (primary N) is 1. The number of hydrogen-bond donors (Lipinski definition) is 2. The average molecular weight is 321 g/mol. The highest BCUT2D eigenvalue weighted by Gasteiger charge is 2.27. The van der Waals surface area contributed by atoms with Crippen molar-refractivity contribution in [2.45, 2.75) is 25.4 Å². The maximum atomic E-state index is 12.3. The predicted octanol–water partition coefficient (Wildman–Crippen LogP) is 0.374. The molecule has 0 bridgehead atoms. The van der Waals surface area contributed by atoms with Crippen LogP contribution < -0.4 is 11.1 Å². The van der Waals surface area contributed by atoms with E-state index in [1.165, 1.54) is 0 Å². The zero-order chi connectivity index (χ0) is 15.7. The van der Waals surface area contributed by atoms with Gasteiger partial charge in [0.1, 0.15) is 0 Å². The molecule has 1 aromatic rings. The molecule has 0 spiro atoms. The van der Waals surface area contributed by atoms with Crippen LogP contribution in [-0.2, 0) is 23.8 Å². The smallest absolute Gasteiger partial charge is 0.317 e. The quantitative estimate of drug-likeness (QED) is 0.824. The van der Waals surface area contributed by atoms with Crippen molar-refractivity contribution in [3.63, 3.8) is 0 Å². The van der Waals surface area contributed by atoms with Crippen molar-refractivity contribution in [2.24, 2.45) is 5.73 Å². The number of rotatable bonds is 2. The number of primary amides is 1. The lowest BCUT2D eigenvalue weighted by Crippen LogP contribution is -2.47. The van der Waals surface area contributed by atoms with E-state index in [0.29, 0.717) is 36.6 Å². The van der Waals surface area contributed by atoms with E-state index < -0.39 is 16.7 Å². The normalized spacial score (nSPS) is 23.9. The molecule has 22 heavy (non-hydrogen) atoms. The molecule has 3 amide bonds. The van der Waals surface area contributed by atoms with Gasteiger partial charge in [0.25, 0.3) is 0 Å². The van der Waals surface area contributed by atoms with Gasteiger partial charge in [-0.05, 0) is 30.0 Å². The number of nitrogens with one attached hydrogen (secondary N) is 1. The molecule has 1 saturated heterocycles. The summed E-state index contributed by atoms with van der Waals surface area (Å²) in [6.07, 6.45) is 1.40. The van der Waals surface area contributed by atoms with Gasteiger partial charge in [0, 0.05) is 47.0 Å². The predicted molar refractivity (Wildman–Crippen MR) is 83.9 cm³/mol. The largest absolute Gasteiger partial charge is 0.366 e. The maximum Gasteiger partial charge on any atom is 0.317 e. The lowest BCUT2D eigenvalue weighted by atomic mass is 9.94. The fourth-order valence-electron chi connectivity index (χ4n) is 3.06. The van der Waals surface area contributed by atoms with Crippen molar-refractivity contribution in [2.75, 3.05) is 18.1 Å². The van der Waals surface area contributed by atoms with Gasteiger partial charge in [-0.25, -0.2) is 4.79 Å². The van der Waals surface area contributed by atoms with Crippen LogP contribution in [0.15, 0.2) is 18.2 Å². The molecule has 118 valence electrons. The van der Waals surface area contributed by atoms with Crippen molar-refractivity contribution < 1.29 is 13.8 Å². The van der Waals surface area contributed by atoms with Gasteiger partial charge in [-0.3, -0.25) is 9.00 Å². The molecule has 3 rings (SSSR count). The summed E-state index contributed by atoms with van der Waals surface area (Å²) in [6, 6.07) is 5.32. The molecular weight excluding hydrogens is 302 g/mol. The molecule has 2 atom stereocenters. The fourth-order valence-corrected chi connectivity index (χ4v) is 4.47. The Hall–Kier alpha value is -1.89. The van der Waals surface area contributed by atoms with Gasteiger partial charge in [0.05, 0.1) is 0 Å². The highest BCUT2D eigenvalue weighted by molar-refractivity contribution is 7.85. The van der Waals surface area contributed by atoms with Crippen LogP contribution in [0.25, 0.3) is 0 Å². The first-order valence-corrected chi connectivity index (χ1v) is 8.84. The van der Waals surface area contributed by atoms with Crippen LogP contribution in [0, 0.1) is 0 Å². The highest BCUT2D eigenvalue weighted by Crippen LogP contribution is 2.22. The summed E-state index contributed by atoms with van der Waals surface area (Å²) in [5.41, 5.74) is 7.85. The Balaban J connectivity index is 1.69. The van der Waals surface area contributed by atoms with E-state index in [0.717, 1.165) is 17.5 Å². The third-order valence-corrected chi connectivity index (χ3v) is 5.69. The molecule has 2 unspecified atom stereocenters. The lowest BCUT2D eigenvalue weighted by molar-refractivity contribution is 0.0999. The molecule has 1 aromatic carbocycles. The maximum absolute atomic E-state index is 12.3. The molecule has 6 nitrogen and oxygen atoms in total. The molecule has 1 fully saturated rings. The third-order valence-electron chi connectivity index (χ3n) is 4.23. The number of urea groups is 1. The van der Waals surface area contributed by atoms with Crippen LogP contribution in [0.5, 0.6) is 0 Å². The number of hydrogen-bond acceptors (Lipinski definition) is 3. The Bertz CT molecular complexity index is 647. The van der Waals surface area contributed by atoms with E-state index in [1.807, 2.05) is 6.07 Å². The molecule has 2 aliphatic rings. The third kappa shape index (κ3) is 2.99. The summed E-state index contributed by atoms with van der Waals surface area (Å²) >= 11 is 0. The van der Waals surface area contributed by atoms with E-state index in [-0.39, 0.29) is 12.1 Å². The number of nitrogens with zero attached hydrogens (tertiary/aromatic N) is 1. The van der Waals surface area contributed by atoms with E-state index in [9.17, 15) is 13.8 Å². The first-order valence-electron chi connectivity index (χ1n) is 7.35. The molecular formula is C15H19N3O3S. The minimum Gasteiger partial charge on any atom is -0.366 e. The number of fused-ring (bicyclic) bond motifs is 1. The van der Waals surface area contributed by atoms with E-state index >= 15 is 0 Å². The number of carbonyl (C=O) groups is 2. The number of benzene rings is 1. The van der Waals surface area contributed by atoms with Gasteiger partial charge in [-0.2, -0.15) is 0 Å². The number of amides is 3. The van der Waals surface area contributed by atoms with E-state index in [4.69, 9.17) is 5.73 Å². The molecule has 2 aliphatic heterocycles. The Morgan fingerprint density at radius 1 is 1.36 bits per heavy atom. The Labute approximate surface area is 131 Å². The first kappa shape index (κ1) is 15.0. The second kappa shape index (κ2) is 6.08. The second-order valence-electron chi connectivity index (χ2n) is 5.72. The zero-order valence-electron chi connectivity index (χ0n) is 12.2. The summed E-state index contributed by atoms with van der Waals surface area (Å²) in [5, 5.41) is 2.95. The highest BCUT2D eigenvalue weighted by atomic mass is 32.2. The molecule has 0 aromatic heterocycles. The van der Waals surface area contributed by atoms with Crippen molar-refractivity contribution in [3.05, 3.63) is 34.9 Å². The van der Waals surface area contributed by atoms with Gasteiger partial charge in [0.2, 0.25) is 5.91 Å². The second-order valence-corrected chi connectivity index (χ2v) is 7.35. The van der Waals surface area contributed by atoms with Gasteiger partial charge >= 0.3 is 6.03 Å². The van der Waals surface area contributed by atoms with Crippen LogP contribution in [0.2, 0.25) is 0 Å². The van der Waals surface area contributed by atoms with Crippen LogP contribution >= 0.6 is 0 Å². The van der Waals surface area contributed by atoms with E-state index in [2.05, 4.69) is 5.32 Å². The first-order chi connectivity index (χ1) is 10.5. The molecule has 0 saturated carbocycles. The van der Waals surface area contributed by atoms with Gasteiger partial charge in [-0.1, -0.05) is 12.1 Å². The zero-order valence-corrected chi connectivity index (χ0v) is 13.0. The Morgan fingerprint density at radius 2 is 2.18 bits per heavy atom. The van der Waals surface area contributed by atoms with Crippen LogP contribution in [0.1, 0.15) is 27.9 Å². The van der Waals surface area contributed by atoms with Crippen LogP contribution in [0.4, 0.5) is 4.79 Å². The fraction of sp³-hybridized carbons (Fsp3) is 0.467. The Morgan fingerprint density at radius 3 is 2.86 bits per heavy atom. The van der Waals surface area contributed by atoms with Crippen molar-refractivity contribution in [3.8, 4) is 0 Å². The van der Waals surface area contributed by atoms with Gasteiger partial charge in [-0.15, -0.1) is 0 Å². The standard InChI is InChI=1S/C15H19N3O3S/c16-14(19)13-3-1-2-10-8-18(6-4-12(10)13)15(20)17-11-5-7-22(21)9-11/h1-3,11H,4-9H2,(H2,16,19)(H,17,20). The summed E-state index contributed by atoms with van der Waals surface area (Å²) in [7, 11) is -0.804. The van der Waals surface area contributed by atoms with Crippen molar-refractivity contribution in [1.82, 2.24) is 10.2 Å². The van der Waals surface area contributed by atoms with E-state index in [1.54, 1.807) is 17.0 Å². The monoisotopic (exact) mass is 321 g/mol. The minimum absolute atomic E-state index is 0.00619. The SMILES string of the molecule is NC(=O)c1cccc2c1CCN(C(=O)NC1CCS(=O)C1)C2. The molecule has 7 heteroatoms. The summed E-state index contributed by atoms with van der Waals surface area (Å²) in [5.74, 6) is 0.778. The lowest BCUT2D eigenvalue weighted by Gasteiger charge is -2.30.